The molecule has 0 radical (unpaired) electrons. The van der Waals surface area contributed by atoms with Crippen LogP contribution < -0.4 is 4.74 Å². The Hall–Kier alpha value is -4.06. The highest BCUT2D eigenvalue weighted by Crippen LogP contribution is 2.30. The van der Waals surface area contributed by atoms with Crippen molar-refractivity contribution >= 4 is 22.8 Å². The van der Waals surface area contributed by atoms with Gasteiger partial charge in [-0.1, -0.05) is 24.3 Å². The summed E-state index contributed by atoms with van der Waals surface area (Å²) in [5.41, 5.74) is 0.123. The zero-order chi connectivity index (χ0) is 22.9. The van der Waals surface area contributed by atoms with E-state index in [1.54, 1.807) is 57.2 Å². The fourth-order valence-electron chi connectivity index (χ4n) is 3.33. The Kier molecular flexibility index (Phi) is 5.45. The monoisotopic (exact) mass is 429 g/mol. The van der Waals surface area contributed by atoms with E-state index in [0.717, 1.165) is 0 Å². The third-order valence-electron chi connectivity index (χ3n) is 4.73. The zero-order valence-corrected chi connectivity index (χ0v) is 18.0. The van der Waals surface area contributed by atoms with Crippen LogP contribution in [0.5, 0.6) is 17.2 Å². The molecule has 6 heteroatoms. The van der Waals surface area contributed by atoms with Crippen molar-refractivity contribution in [2.24, 2.45) is 0 Å². The number of aromatic hydroxyl groups is 1. The Morgan fingerprint density at radius 3 is 2.16 bits per heavy atom. The third-order valence-corrected chi connectivity index (χ3v) is 4.73. The number of para-hydroxylation sites is 1. The van der Waals surface area contributed by atoms with E-state index >= 15 is 0 Å². The summed E-state index contributed by atoms with van der Waals surface area (Å²) in [4.78, 5) is 26.3. The Morgan fingerprint density at radius 1 is 0.844 bits per heavy atom. The highest BCUT2D eigenvalue weighted by molar-refractivity contribution is 6.13. The summed E-state index contributed by atoms with van der Waals surface area (Å²) in [6.07, 6.45) is -0.689. The van der Waals surface area contributed by atoms with Crippen molar-refractivity contribution in [3.8, 4) is 17.2 Å². The number of hydrogen-bond donors (Lipinski definition) is 1. The van der Waals surface area contributed by atoms with Crippen LogP contribution in [0.3, 0.4) is 0 Å². The van der Waals surface area contributed by atoms with Crippen molar-refractivity contribution < 1.29 is 24.2 Å². The number of nitrogens with zero attached hydrogens (tertiary/aromatic N) is 1. The first kappa shape index (κ1) is 21.2. The van der Waals surface area contributed by atoms with E-state index in [-0.39, 0.29) is 17.2 Å². The number of carbonyl (C=O) groups is 2. The Morgan fingerprint density at radius 2 is 1.50 bits per heavy atom. The van der Waals surface area contributed by atoms with Gasteiger partial charge in [0.05, 0.1) is 5.52 Å². The minimum atomic E-state index is -0.749. The lowest BCUT2D eigenvalue weighted by molar-refractivity contribution is 0.0536. The topological polar surface area (TPSA) is 77.8 Å². The van der Waals surface area contributed by atoms with Crippen LogP contribution in [0.15, 0.2) is 78.9 Å². The molecule has 0 aliphatic carbocycles. The van der Waals surface area contributed by atoms with Crippen LogP contribution in [0.2, 0.25) is 0 Å². The standard InChI is InChI=1S/C26H23NO5/c1-26(2,3)32-25(30)27-21-10-7-11-23(28)20(21)16-22(27)24(29)17-12-14-19(15-13-17)31-18-8-5-4-6-9-18/h4-16,28H,1-3H3. The molecular weight excluding hydrogens is 406 g/mol. The summed E-state index contributed by atoms with van der Waals surface area (Å²) in [6, 6.07) is 22.3. The summed E-state index contributed by atoms with van der Waals surface area (Å²) in [7, 11) is 0. The number of phenols is 1. The van der Waals surface area contributed by atoms with E-state index in [2.05, 4.69) is 0 Å². The highest BCUT2D eigenvalue weighted by Gasteiger charge is 2.26. The summed E-state index contributed by atoms with van der Waals surface area (Å²) in [5, 5.41) is 10.7. The molecule has 0 atom stereocenters. The van der Waals surface area contributed by atoms with Gasteiger partial charge < -0.3 is 14.6 Å². The molecule has 1 N–H and O–H groups in total. The third kappa shape index (κ3) is 4.34. The largest absolute Gasteiger partial charge is 0.507 e. The molecule has 1 aromatic heterocycles. The van der Waals surface area contributed by atoms with Gasteiger partial charge in [-0.3, -0.25) is 4.79 Å². The predicted octanol–water partition coefficient (Wildman–Crippen LogP) is 6.15. The predicted molar refractivity (Wildman–Crippen MR) is 122 cm³/mol. The number of fused-ring (bicyclic) bond motifs is 1. The number of benzene rings is 3. The van der Waals surface area contributed by atoms with Crippen molar-refractivity contribution in [3.63, 3.8) is 0 Å². The minimum absolute atomic E-state index is 0.0227. The van der Waals surface area contributed by atoms with E-state index in [4.69, 9.17) is 9.47 Å². The Bertz CT molecular complexity index is 1280. The van der Waals surface area contributed by atoms with Gasteiger partial charge >= 0.3 is 6.09 Å². The molecule has 0 amide bonds. The van der Waals surface area contributed by atoms with Crippen LogP contribution in [-0.4, -0.2) is 27.2 Å². The average Bonchev–Trinajstić information content (AvgIpc) is 3.14. The van der Waals surface area contributed by atoms with E-state index in [1.807, 2.05) is 30.3 Å². The Labute approximate surface area is 185 Å². The van der Waals surface area contributed by atoms with Crippen molar-refractivity contribution in [2.45, 2.75) is 26.4 Å². The quantitative estimate of drug-likeness (QED) is 0.394. The number of carbonyl (C=O) groups excluding carboxylic acids is 2. The van der Waals surface area contributed by atoms with Crippen LogP contribution in [0.1, 0.15) is 36.8 Å². The molecule has 0 saturated heterocycles. The van der Waals surface area contributed by atoms with E-state index < -0.39 is 11.7 Å². The molecule has 0 fully saturated rings. The molecule has 0 bridgehead atoms. The molecule has 4 aromatic rings. The molecule has 0 unspecified atom stereocenters. The van der Waals surface area contributed by atoms with Gasteiger partial charge in [0.25, 0.3) is 0 Å². The van der Waals surface area contributed by atoms with Gasteiger partial charge in [0, 0.05) is 10.9 Å². The summed E-state index contributed by atoms with van der Waals surface area (Å²) in [5.74, 6) is 0.869. The number of rotatable bonds is 4. The van der Waals surface area contributed by atoms with Crippen LogP contribution in [0, 0.1) is 0 Å². The molecule has 0 saturated carbocycles. The van der Waals surface area contributed by atoms with E-state index in [0.29, 0.717) is 28.0 Å². The normalized spacial score (nSPS) is 11.3. The number of ether oxygens (including phenoxy) is 2. The SMILES string of the molecule is CC(C)(C)OC(=O)n1c(C(=O)c2ccc(Oc3ccccc3)cc2)cc2c(O)cccc21. The summed E-state index contributed by atoms with van der Waals surface area (Å²) >= 11 is 0. The second kappa shape index (κ2) is 8.23. The first-order valence-corrected chi connectivity index (χ1v) is 10.2. The van der Waals surface area contributed by atoms with E-state index in [9.17, 15) is 14.7 Å². The van der Waals surface area contributed by atoms with Crippen LogP contribution in [0.4, 0.5) is 4.79 Å². The van der Waals surface area contributed by atoms with Gasteiger partial charge in [-0.05, 0) is 75.4 Å². The van der Waals surface area contributed by atoms with Gasteiger partial charge in [0.2, 0.25) is 5.78 Å². The first-order valence-electron chi connectivity index (χ1n) is 10.2. The van der Waals surface area contributed by atoms with E-state index in [1.165, 1.54) is 16.7 Å². The molecule has 3 aromatic carbocycles. The number of ketones is 1. The van der Waals surface area contributed by atoms with Crippen molar-refractivity contribution in [3.05, 3.63) is 90.1 Å². The molecule has 1 heterocycles. The van der Waals surface area contributed by atoms with Gasteiger partial charge in [-0.25, -0.2) is 9.36 Å². The van der Waals surface area contributed by atoms with Gasteiger partial charge in [-0.15, -0.1) is 0 Å². The molecule has 162 valence electrons. The molecule has 4 rings (SSSR count). The van der Waals surface area contributed by atoms with Gasteiger partial charge in [0.15, 0.2) is 0 Å². The summed E-state index contributed by atoms with van der Waals surface area (Å²) in [6.45, 7) is 5.25. The number of phenolic OH excluding ortho intramolecular Hbond substituents is 1. The fourth-order valence-corrected chi connectivity index (χ4v) is 3.33. The molecule has 0 aliphatic rings. The van der Waals surface area contributed by atoms with Gasteiger partial charge in [0.1, 0.15) is 28.5 Å². The average molecular weight is 429 g/mol. The maximum atomic E-state index is 13.3. The lowest BCUT2D eigenvalue weighted by atomic mass is 10.1. The minimum Gasteiger partial charge on any atom is -0.507 e. The lowest BCUT2D eigenvalue weighted by Crippen LogP contribution is -2.28. The lowest BCUT2D eigenvalue weighted by Gasteiger charge is -2.20. The summed E-state index contributed by atoms with van der Waals surface area (Å²) < 4.78 is 12.5. The molecule has 6 nitrogen and oxygen atoms in total. The molecular formula is C26H23NO5. The van der Waals surface area contributed by atoms with Crippen LogP contribution >= 0.6 is 0 Å². The second-order valence-electron chi connectivity index (χ2n) is 8.32. The Balaban J connectivity index is 1.71. The number of hydrogen-bond acceptors (Lipinski definition) is 5. The first-order chi connectivity index (χ1) is 15.2. The maximum absolute atomic E-state index is 13.3. The van der Waals surface area contributed by atoms with Crippen LogP contribution in [-0.2, 0) is 4.74 Å². The smallest absolute Gasteiger partial charge is 0.419 e. The van der Waals surface area contributed by atoms with Gasteiger partial charge in [-0.2, -0.15) is 0 Å². The molecule has 0 aliphatic heterocycles. The zero-order valence-electron chi connectivity index (χ0n) is 18.0. The number of aromatic nitrogens is 1. The van der Waals surface area contributed by atoms with Crippen molar-refractivity contribution in [2.75, 3.05) is 0 Å². The van der Waals surface area contributed by atoms with Crippen molar-refractivity contribution in [1.82, 2.24) is 4.57 Å². The van der Waals surface area contributed by atoms with Crippen LogP contribution in [0.25, 0.3) is 10.9 Å². The highest BCUT2D eigenvalue weighted by atomic mass is 16.6. The molecule has 0 spiro atoms. The fraction of sp³-hybridized carbons (Fsp3) is 0.154. The maximum Gasteiger partial charge on any atom is 0.419 e. The molecule has 32 heavy (non-hydrogen) atoms. The second-order valence-corrected chi connectivity index (χ2v) is 8.32. The van der Waals surface area contributed by atoms with Crippen molar-refractivity contribution in [1.29, 1.82) is 0 Å².